The van der Waals surface area contributed by atoms with Crippen molar-refractivity contribution in [1.29, 1.82) is 0 Å². The molecule has 0 aliphatic rings. The summed E-state index contributed by atoms with van der Waals surface area (Å²) in [6, 6.07) is 0. The van der Waals surface area contributed by atoms with E-state index in [1.54, 1.807) is 0 Å². The van der Waals surface area contributed by atoms with Gasteiger partial charge >= 0.3 is 0 Å². The summed E-state index contributed by atoms with van der Waals surface area (Å²) in [5.41, 5.74) is 0. The van der Waals surface area contributed by atoms with Crippen LogP contribution in [-0.2, 0) is 0 Å². The molecule has 6 heavy (non-hydrogen) atoms. The van der Waals surface area contributed by atoms with Crippen molar-refractivity contribution in [3.63, 3.8) is 0 Å². The van der Waals surface area contributed by atoms with E-state index in [0.717, 1.165) is 0 Å². The van der Waals surface area contributed by atoms with Crippen LogP contribution in [0.3, 0.4) is 0 Å². The molecule has 0 amide bonds. The first-order valence-electron chi connectivity index (χ1n) is 1.58. The van der Waals surface area contributed by atoms with Crippen molar-refractivity contribution >= 4 is 41.2 Å². The number of rotatable bonds is 2. The van der Waals surface area contributed by atoms with Crippen LogP contribution in [0.2, 0.25) is 0 Å². The summed E-state index contributed by atoms with van der Waals surface area (Å²) in [4.78, 5) is 0. The number of hydrogen-bond donors (Lipinski definition) is 1. The van der Waals surface area contributed by atoms with Gasteiger partial charge in [-0.05, 0) is 6.42 Å². The van der Waals surface area contributed by atoms with Gasteiger partial charge in [-0.1, -0.05) is 0 Å². The second-order valence-electron chi connectivity index (χ2n) is 0.766. The molecule has 0 unspecified atom stereocenters. The summed E-state index contributed by atoms with van der Waals surface area (Å²) in [6.07, 6.45) is 0.710. The zero-order valence-corrected chi connectivity index (χ0v) is 6.70. The van der Waals surface area contributed by atoms with Crippen LogP contribution in [0.25, 0.3) is 0 Å². The second kappa shape index (κ2) is 9.54. The van der Waals surface area contributed by atoms with E-state index in [2.05, 4.69) is 0 Å². The fraction of sp³-hybridized carbons (Fsp3) is 1.00. The first-order chi connectivity index (χ1) is 2.41. The molecule has 0 spiro atoms. The molecule has 0 heterocycles. The predicted octanol–water partition coefficient (Wildman–Crippen LogP) is 0.227. The third-order valence-corrected chi connectivity index (χ3v) is 0.559. The Labute approximate surface area is 65.0 Å². The molecular weight excluding hydrogens is 110 g/mol. The zero-order chi connectivity index (χ0) is 4.12. The fourth-order valence-electron chi connectivity index (χ4n) is 0.0598. The molecule has 0 saturated carbocycles. The van der Waals surface area contributed by atoms with Gasteiger partial charge in [0.25, 0.3) is 0 Å². The molecular formula is C3H7ClNaO. The Balaban J connectivity index is 0. The molecule has 3 heteroatoms. The van der Waals surface area contributed by atoms with Crippen molar-refractivity contribution in [2.75, 3.05) is 12.5 Å². The summed E-state index contributed by atoms with van der Waals surface area (Å²) < 4.78 is 0. The van der Waals surface area contributed by atoms with Gasteiger partial charge in [0.05, 0.1) is 0 Å². The van der Waals surface area contributed by atoms with Gasteiger partial charge in [-0.15, -0.1) is 11.6 Å². The number of aliphatic hydroxyl groups excluding tert-OH is 1. The molecule has 1 radical (unpaired) electrons. The fourth-order valence-corrected chi connectivity index (χ4v) is 0.179. The molecule has 33 valence electrons. The molecule has 0 aromatic heterocycles. The van der Waals surface area contributed by atoms with Crippen LogP contribution in [0.5, 0.6) is 0 Å². The van der Waals surface area contributed by atoms with E-state index in [9.17, 15) is 0 Å². The molecule has 0 fully saturated rings. The van der Waals surface area contributed by atoms with Crippen molar-refractivity contribution < 1.29 is 5.11 Å². The Morgan fingerprint density at radius 2 is 2.00 bits per heavy atom. The van der Waals surface area contributed by atoms with Crippen LogP contribution >= 0.6 is 11.6 Å². The average Bonchev–Trinajstić information content (AvgIpc) is 1.41. The Kier molecular flexibility index (Phi) is 16.3. The average molecular weight is 118 g/mol. The molecule has 0 aliphatic carbocycles. The molecule has 0 saturated heterocycles. The van der Waals surface area contributed by atoms with Gasteiger partial charge < -0.3 is 5.11 Å². The quantitative estimate of drug-likeness (QED) is 0.406. The van der Waals surface area contributed by atoms with E-state index in [4.69, 9.17) is 16.7 Å². The van der Waals surface area contributed by atoms with E-state index in [1.807, 2.05) is 0 Å². The molecule has 0 rings (SSSR count). The van der Waals surface area contributed by atoms with Crippen molar-refractivity contribution in [2.24, 2.45) is 0 Å². The molecule has 0 aliphatic heterocycles. The van der Waals surface area contributed by atoms with E-state index in [0.29, 0.717) is 12.3 Å². The molecule has 0 aromatic carbocycles. The van der Waals surface area contributed by atoms with Gasteiger partial charge in [0.15, 0.2) is 0 Å². The van der Waals surface area contributed by atoms with Gasteiger partial charge in [0.1, 0.15) is 0 Å². The normalized spacial score (nSPS) is 7.00. The molecule has 0 atom stereocenters. The van der Waals surface area contributed by atoms with E-state index < -0.39 is 0 Å². The van der Waals surface area contributed by atoms with Crippen LogP contribution in [0.4, 0.5) is 0 Å². The smallest absolute Gasteiger partial charge is 0.0442 e. The van der Waals surface area contributed by atoms with E-state index >= 15 is 0 Å². The molecule has 1 nitrogen and oxygen atoms in total. The summed E-state index contributed by atoms with van der Waals surface area (Å²) in [7, 11) is 0. The number of alkyl halides is 1. The zero-order valence-electron chi connectivity index (χ0n) is 3.95. The van der Waals surface area contributed by atoms with Crippen molar-refractivity contribution in [1.82, 2.24) is 0 Å². The first-order valence-corrected chi connectivity index (χ1v) is 2.12. The minimum atomic E-state index is 0. The maximum atomic E-state index is 7.98. The van der Waals surface area contributed by atoms with Crippen LogP contribution in [0.1, 0.15) is 6.42 Å². The van der Waals surface area contributed by atoms with Gasteiger partial charge in [0.2, 0.25) is 0 Å². The van der Waals surface area contributed by atoms with Crippen molar-refractivity contribution in [2.45, 2.75) is 6.42 Å². The van der Waals surface area contributed by atoms with Gasteiger partial charge in [-0.2, -0.15) is 0 Å². The minimum absolute atomic E-state index is 0. The van der Waals surface area contributed by atoms with Crippen LogP contribution in [-0.4, -0.2) is 47.2 Å². The van der Waals surface area contributed by atoms with E-state index in [1.165, 1.54) is 0 Å². The van der Waals surface area contributed by atoms with Gasteiger partial charge in [0, 0.05) is 42.0 Å². The molecule has 0 bridgehead atoms. The topological polar surface area (TPSA) is 20.2 Å². The number of aliphatic hydroxyl groups is 1. The van der Waals surface area contributed by atoms with Crippen LogP contribution in [0.15, 0.2) is 0 Å². The SMILES string of the molecule is OCCCCl.[Na]. The van der Waals surface area contributed by atoms with E-state index in [-0.39, 0.29) is 36.2 Å². The Hall–Kier alpha value is 1.25. The maximum Gasteiger partial charge on any atom is 0.0442 e. The summed E-state index contributed by atoms with van der Waals surface area (Å²) in [5.74, 6) is 0.566. The van der Waals surface area contributed by atoms with Crippen LogP contribution < -0.4 is 0 Å². The standard InChI is InChI=1S/C3H7ClO.Na/c4-2-1-3-5;/h5H,1-3H2;. The van der Waals surface area contributed by atoms with Crippen molar-refractivity contribution in [3.8, 4) is 0 Å². The maximum absolute atomic E-state index is 7.98. The summed E-state index contributed by atoms with van der Waals surface area (Å²) in [6.45, 7) is 0.212. The third kappa shape index (κ3) is 8.98. The largest absolute Gasteiger partial charge is 0.396 e. The molecule has 0 aromatic rings. The molecule has 1 N–H and O–H groups in total. The Morgan fingerprint density at radius 1 is 1.50 bits per heavy atom. The van der Waals surface area contributed by atoms with Crippen molar-refractivity contribution in [3.05, 3.63) is 0 Å². The number of hydrogen-bond acceptors (Lipinski definition) is 1. The predicted molar refractivity (Wildman–Crippen MR) is 28.2 cm³/mol. The third-order valence-electron chi connectivity index (χ3n) is 0.292. The van der Waals surface area contributed by atoms with Crippen LogP contribution in [0, 0.1) is 0 Å². The minimum Gasteiger partial charge on any atom is -0.396 e. The first kappa shape index (κ1) is 10.3. The van der Waals surface area contributed by atoms with Gasteiger partial charge in [-0.3, -0.25) is 0 Å². The summed E-state index contributed by atoms with van der Waals surface area (Å²) >= 11 is 5.14. The number of halogens is 1. The summed E-state index contributed by atoms with van der Waals surface area (Å²) in [5, 5.41) is 7.98. The monoisotopic (exact) mass is 117 g/mol. The second-order valence-corrected chi connectivity index (χ2v) is 1.14. The van der Waals surface area contributed by atoms with Gasteiger partial charge in [-0.25, -0.2) is 0 Å². The Bertz CT molecular complexity index is 18.3. The Morgan fingerprint density at radius 3 is 2.00 bits per heavy atom.